The van der Waals surface area contributed by atoms with Gasteiger partial charge in [0.25, 0.3) is 5.91 Å². The first kappa shape index (κ1) is 15.6. The minimum absolute atomic E-state index is 0.00617. The third-order valence-electron chi connectivity index (χ3n) is 2.24. The first-order valence-corrected chi connectivity index (χ1v) is 5.50. The molecule has 0 aliphatic carbocycles. The molecule has 0 aliphatic heterocycles. The number of nitrogens with one attached hydrogen (secondary N) is 1. The lowest BCUT2D eigenvalue weighted by Gasteiger charge is -2.13. The Balaban J connectivity index is 3.15. The van der Waals surface area contributed by atoms with E-state index in [1.807, 2.05) is 0 Å². The van der Waals surface area contributed by atoms with Crippen LogP contribution >= 0.6 is 0 Å². The Morgan fingerprint density at radius 1 is 1.50 bits per heavy atom. The number of carbonyl (C=O) groups is 1. The molecule has 4 nitrogen and oxygen atoms in total. The van der Waals surface area contributed by atoms with Gasteiger partial charge >= 0.3 is 6.18 Å². The zero-order valence-corrected chi connectivity index (χ0v) is 10.3. The number of alkyl halides is 3. The molecule has 1 amide bonds. The predicted molar refractivity (Wildman–Crippen MR) is 65.1 cm³/mol. The van der Waals surface area contributed by atoms with Gasteiger partial charge in [0.15, 0.2) is 0 Å². The Kier molecular flexibility index (Phi) is 5.15. The maximum atomic E-state index is 12.6. The Labute approximate surface area is 113 Å². The number of rotatable bonds is 5. The summed E-state index contributed by atoms with van der Waals surface area (Å²) in [5, 5.41) is 10.5. The second kappa shape index (κ2) is 6.61. The zero-order chi connectivity index (χ0) is 15.2. The van der Waals surface area contributed by atoms with E-state index in [2.05, 4.69) is 11.9 Å². The summed E-state index contributed by atoms with van der Waals surface area (Å²) in [6, 6.07) is 4.23. The van der Waals surface area contributed by atoms with Crippen LogP contribution in [-0.2, 0) is 6.18 Å². The fourth-order valence-corrected chi connectivity index (χ4v) is 1.37. The van der Waals surface area contributed by atoms with Gasteiger partial charge < -0.3 is 10.1 Å². The van der Waals surface area contributed by atoms with Gasteiger partial charge in [-0.25, -0.2) is 0 Å². The highest BCUT2D eigenvalue weighted by molar-refractivity contribution is 5.97. The topological polar surface area (TPSA) is 62.1 Å². The van der Waals surface area contributed by atoms with E-state index < -0.39 is 17.6 Å². The van der Waals surface area contributed by atoms with Gasteiger partial charge in [-0.1, -0.05) is 12.7 Å². The Morgan fingerprint density at radius 3 is 2.75 bits per heavy atom. The van der Waals surface area contributed by atoms with Crippen LogP contribution in [0.2, 0.25) is 0 Å². The summed E-state index contributed by atoms with van der Waals surface area (Å²) in [5.74, 6) is -0.815. The largest absolute Gasteiger partial charge is 0.489 e. The van der Waals surface area contributed by atoms with E-state index >= 15 is 0 Å². The molecule has 0 spiro atoms. The molecule has 1 N–H and O–H groups in total. The highest BCUT2D eigenvalue weighted by Crippen LogP contribution is 2.32. The molecule has 0 aliphatic rings. The van der Waals surface area contributed by atoms with E-state index in [0.29, 0.717) is 6.07 Å². The minimum Gasteiger partial charge on any atom is -0.489 e. The number of hydrogen-bond donors (Lipinski definition) is 1. The molecule has 7 heteroatoms. The number of benzene rings is 1. The van der Waals surface area contributed by atoms with Crippen LogP contribution in [0.3, 0.4) is 0 Å². The minimum atomic E-state index is -4.57. The molecule has 1 rings (SSSR count). The monoisotopic (exact) mass is 284 g/mol. The Bertz CT molecular complexity index is 548. The van der Waals surface area contributed by atoms with Crippen LogP contribution in [0.5, 0.6) is 5.75 Å². The van der Waals surface area contributed by atoms with Gasteiger partial charge in [0.1, 0.15) is 18.9 Å². The van der Waals surface area contributed by atoms with Crippen LogP contribution < -0.4 is 10.1 Å². The summed E-state index contributed by atoms with van der Waals surface area (Å²) < 4.78 is 43.0. The summed E-state index contributed by atoms with van der Waals surface area (Å²) in [5.41, 5.74) is -1.25. The van der Waals surface area contributed by atoms with Gasteiger partial charge in [0.2, 0.25) is 0 Å². The van der Waals surface area contributed by atoms with E-state index in [1.165, 1.54) is 6.08 Å². The lowest BCUT2D eigenvalue weighted by Crippen LogP contribution is -2.24. The van der Waals surface area contributed by atoms with Crippen molar-refractivity contribution in [1.82, 2.24) is 5.32 Å². The fourth-order valence-electron chi connectivity index (χ4n) is 1.37. The van der Waals surface area contributed by atoms with Gasteiger partial charge in [-0.05, 0) is 18.2 Å². The fraction of sp³-hybridized carbons (Fsp3) is 0.231. The van der Waals surface area contributed by atoms with Crippen LogP contribution in [0.25, 0.3) is 0 Å². The SMILES string of the molecule is C=CCOc1ccc(C(F)(F)F)cc1C(=O)NCC#N. The molecule has 0 aromatic heterocycles. The molecule has 0 heterocycles. The summed E-state index contributed by atoms with van der Waals surface area (Å²) in [6.07, 6.45) is -3.17. The van der Waals surface area contributed by atoms with Crippen molar-refractivity contribution in [2.24, 2.45) is 0 Å². The quantitative estimate of drug-likeness (QED) is 0.667. The molecule has 0 fully saturated rings. The number of ether oxygens (including phenoxy) is 1. The second-order valence-electron chi connectivity index (χ2n) is 3.65. The van der Waals surface area contributed by atoms with E-state index in [1.54, 1.807) is 6.07 Å². The van der Waals surface area contributed by atoms with Crippen molar-refractivity contribution in [1.29, 1.82) is 5.26 Å². The molecule has 20 heavy (non-hydrogen) atoms. The van der Waals surface area contributed by atoms with Crippen molar-refractivity contribution in [3.63, 3.8) is 0 Å². The summed E-state index contributed by atoms with van der Waals surface area (Å²) >= 11 is 0. The number of nitrogens with zero attached hydrogens (tertiary/aromatic N) is 1. The highest BCUT2D eigenvalue weighted by Gasteiger charge is 2.32. The van der Waals surface area contributed by atoms with E-state index in [-0.39, 0.29) is 24.5 Å². The first-order valence-electron chi connectivity index (χ1n) is 5.50. The average molecular weight is 284 g/mol. The van der Waals surface area contributed by atoms with Crippen molar-refractivity contribution in [2.45, 2.75) is 6.18 Å². The Hall–Kier alpha value is -2.49. The van der Waals surface area contributed by atoms with Crippen molar-refractivity contribution in [3.8, 4) is 11.8 Å². The number of carbonyl (C=O) groups excluding carboxylic acids is 1. The molecule has 1 aromatic carbocycles. The molecule has 0 radical (unpaired) electrons. The van der Waals surface area contributed by atoms with Crippen molar-refractivity contribution in [2.75, 3.05) is 13.2 Å². The smallest absolute Gasteiger partial charge is 0.416 e. The van der Waals surface area contributed by atoms with Crippen LogP contribution in [-0.4, -0.2) is 19.1 Å². The third-order valence-corrected chi connectivity index (χ3v) is 2.24. The molecule has 0 bridgehead atoms. The standard InChI is InChI=1S/C13H11F3N2O2/c1-2-7-20-11-4-3-9(13(14,15)16)8-10(11)12(19)18-6-5-17/h2-4,8H,1,6-7H2,(H,18,19). The molecule has 1 aromatic rings. The number of amides is 1. The zero-order valence-electron chi connectivity index (χ0n) is 10.3. The maximum Gasteiger partial charge on any atom is 0.416 e. The highest BCUT2D eigenvalue weighted by atomic mass is 19.4. The van der Waals surface area contributed by atoms with E-state index in [0.717, 1.165) is 12.1 Å². The number of nitriles is 1. The van der Waals surface area contributed by atoms with Gasteiger partial charge in [0.05, 0.1) is 17.2 Å². The van der Waals surface area contributed by atoms with Crippen molar-refractivity contribution in [3.05, 3.63) is 42.0 Å². The second-order valence-corrected chi connectivity index (χ2v) is 3.65. The van der Waals surface area contributed by atoms with Crippen LogP contribution in [0.4, 0.5) is 13.2 Å². The molecular weight excluding hydrogens is 273 g/mol. The lowest BCUT2D eigenvalue weighted by molar-refractivity contribution is -0.137. The first-order chi connectivity index (χ1) is 9.40. The van der Waals surface area contributed by atoms with Crippen LogP contribution in [0.15, 0.2) is 30.9 Å². The van der Waals surface area contributed by atoms with Gasteiger partial charge in [0, 0.05) is 0 Å². The molecule has 0 saturated carbocycles. The normalized spacial score (nSPS) is 10.5. The molecular formula is C13H11F3N2O2. The van der Waals surface area contributed by atoms with Crippen molar-refractivity contribution < 1.29 is 22.7 Å². The molecule has 0 unspecified atom stereocenters. The number of hydrogen-bond acceptors (Lipinski definition) is 3. The predicted octanol–water partition coefficient (Wildman–Crippen LogP) is 2.52. The van der Waals surface area contributed by atoms with E-state index in [9.17, 15) is 18.0 Å². The van der Waals surface area contributed by atoms with Crippen molar-refractivity contribution >= 4 is 5.91 Å². The molecule has 0 atom stereocenters. The average Bonchev–Trinajstić information content (AvgIpc) is 2.41. The van der Waals surface area contributed by atoms with Crippen LogP contribution in [0.1, 0.15) is 15.9 Å². The molecule has 106 valence electrons. The maximum absolute atomic E-state index is 12.6. The van der Waals surface area contributed by atoms with Crippen LogP contribution in [0, 0.1) is 11.3 Å². The summed E-state index contributed by atoms with van der Waals surface area (Å²) in [6.45, 7) is 3.14. The summed E-state index contributed by atoms with van der Waals surface area (Å²) in [7, 11) is 0. The number of halogens is 3. The molecule has 0 saturated heterocycles. The van der Waals surface area contributed by atoms with E-state index in [4.69, 9.17) is 10.00 Å². The Morgan fingerprint density at radius 2 is 2.20 bits per heavy atom. The third kappa shape index (κ3) is 4.02. The lowest BCUT2D eigenvalue weighted by atomic mass is 10.1. The van der Waals surface area contributed by atoms with Gasteiger partial charge in [-0.2, -0.15) is 18.4 Å². The summed E-state index contributed by atoms with van der Waals surface area (Å²) in [4.78, 5) is 11.7. The van der Waals surface area contributed by atoms with Gasteiger partial charge in [-0.3, -0.25) is 4.79 Å². The van der Waals surface area contributed by atoms with Gasteiger partial charge in [-0.15, -0.1) is 0 Å².